The average Bonchev–Trinajstić information content (AvgIpc) is 3.12. The third-order valence-electron chi connectivity index (χ3n) is 3.38. The summed E-state index contributed by atoms with van der Waals surface area (Å²) < 4.78 is 5.30. The molecule has 3 rings (SSSR count). The van der Waals surface area contributed by atoms with E-state index in [9.17, 15) is 14.4 Å². The van der Waals surface area contributed by atoms with E-state index in [1.165, 1.54) is 0 Å². The molecule has 2 heterocycles. The molecule has 114 valence electrons. The van der Waals surface area contributed by atoms with Crippen molar-refractivity contribution in [3.05, 3.63) is 34.7 Å². The molecule has 0 saturated carbocycles. The zero-order chi connectivity index (χ0) is 15.5. The topological polar surface area (TPSA) is 84.5 Å². The molecule has 7 heteroatoms. The van der Waals surface area contributed by atoms with Crippen LogP contribution in [0.5, 0.6) is 5.75 Å². The van der Waals surface area contributed by atoms with Crippen molar-refractivity contribution in [1.82, 2.24) is 10.6 Å². The van der Waals surface area contributed by atoms with Gasteiger partial charge in [0.25, 0.3) is 11.1 Å². The molecule has 1 aromatic carbocycles. The van der Waals surface area contributed by atoms with Gasteiger partial charge in [-0.05, 0) is 54.9 Å². The molecular weight excluding hydrogens is 304 g/mol. The molecule has 2 fully saturated rings. The molecule has 1 aromatic rings. The van der Waals surface area contributed by atoms with E-state index in [4.69, 9.17) is 4.74 Å². The number of nitrogens with one attached hydrogen (secondary N) is 2. The van der Waals surface area contributed by atoms with E-state index in [0.29, 0.717) is 10.7 Å². The maximum Gasteiger partial charge on any atom is 0.328 e. The summed E-state index contributed by atoms with van der Waals surface area (Å²) in [6.45, 7) is 0.838. The summed E-state index contributed by atoms with van der Waals surface area (Å²) in [5.41, 5.74) is 0.756. The summed E-state index contributed by atoms with van der Waals surface area (Å²) >= 11 is 0.868. The van der Waals surface area contributed by atoms with Gasteiger partial charge in [-0.3, -0.25) is 14.9 Å². The third kappa shape index (κ3) is 3.37. The molecule has 2 aliphatic heterocycles. The highest BCUT2D eigenvalue weighted by Gasteiger charge is 2.25. The Balaban J connectivity index is 1.65. The molecule has 2 N–H and O–H groups in total. The van der Waals surface area contributed by atoms with E-state index < -0.39 is 5.91 Å². The summed E-state index contributed by atoms with van der Waals surface area (Å²) in [4.78, 5) is 34.8. The van der Waals surface area contributed by atoms with Gasteiger partial charge in [0.05, 0.1) is 4.91 Å². The quantitative estimate of drug-likeness (QED) is 0.501. The standard InChI is InChI=1S/C15H14N2O4S/c18-13-12(22-15(20)17-13)8-9-3-5-10(6-4-9)21-14(19)11-2-1-7-16-11/h3-6,8,11,16H,1-2,7H2,(H,17,18,20)/b12-8-/t11-/m1/s1. The molecule has 2 amide bonds. The van der Waals surface area contributed by atoms with Crippen molar-refractivity contribution in [1.29, 1.82) is 0 Å². The number of esters is 1. The fourth-order valence-corrected chi connectivity index (χ4v) is 2.96. The number of thioether (sulfide) groups is 1. The van der Waals surface area contributed by atoms with E-state index in [1.54, 1.807) is 30.3 Å². The Kier molecular flexibility index (Phi) is 4.26. The van der Waals surface area contributed by atoms with E-state index >= 15 is 0 Å². The lowest BCUT2D eigenvalue weighted by Crippen LogP contribution is -2.34. The Labute approximate surface area is 131 Å². The normalized spacial score (nSPS) is 22.9. The van der Waals surface area contributed by atoms with Crippen LogP contribution in [0, 0.1) is 0 Å². The summed E-state index contributed by atoms with van der Waals surface area (Å²) in [6, 6.07) is 6.56. The summed E-state index contributed by atoms with van der Waals surface area (Å²) in [7, 11) is 0. The highest BCUT2D eigenvalue weighted by Crippen LogP contribution is 2.26. The minimum Gasteiger partial charge on any atom is -0.425 e. The van der Waals surface area contributed by atoms with E-state index in [-0.39, 0.29) is 17.3 Å². The van der Waals surface area contributed by atoms with Crippen LogP contribution in [0.3, 0.4) is 0 Å². The highest BCUT2D eigenvalue weighted by atomic mass is 32.2. The summed E-state index contributed by atoms with van der Waals surface area (Å²) in [6.07, 6.45) is 3.39. The minimum atomic E-state index is -0.391. The first kappa shape index (κ1) is 14.8. The van der Waals surface area contributed by atoms with Gasteiger partial charge in [-0.15, -0.1) is 0 Å². The Morgan fingerprint density at radius 1 is 1.27 bits per heavy atom. The maximum absolute atomic E-state index is 11.9. The first-order valence-electron chi connectivity index (χ1n) is 6.92. The van der Waals surface area contributed by atoms with Gasteiger partial charge in [-0.2, -0.15) is 0 Å². The van der Waals surface area contributed by atoms with Crippen LogP contribution in [0.1, 0.15) is 18.4 Å². The Bertz CT molecular complexity index is 648. The fraction of sp³-hybridized carbons (Fsp3) is 0.267. The van der Waals surface area contributed by atoms with Crippen molar-refractivity contribution in [2.45, 2.75) is 18.9 Å². The van der Waals surface area contributed by atoms with Crippen LogP contribution in [0.25, 0.3) is 6.08 Å². The molecule has 2 saturated heterocycles. The van der Waals surface area contributed by atoms with Gasteiger partial charge in [-0.25, -0.2) is 4.79 Å². The average molecular weight is 318 g/mol. The second kappa shape index (κ2) is 6.33. The second-order valence-electron chi connectivity index (χ2n) is 4.99. The lowest BCUT2D eigenvalue weighted by molar-refractivity contribution is -0.136. The number of rotatable bonds is 3. The summed E-state index contributed by atoms with van der Waals surface area (Å²) in [5, 5.41) is 4.91. The minimum absolute atomic E-state index is 0.230. The number of carbonyl (C=O) groups is 3. The van der Waals surface area contributed by atoms with E-state index in [1.807, 2.05) is 0 Å². The lowest BCUT2D eigenvalue weighted by atomic mass is 10.2. The number of amides is 2. The number of carbonyl (C=O) groups excluding carboxylic acids is 3. The van der Waals surface area contributed by atoms with Crippen LogP contribution in [0.15, 0.2) is 29.2 Å². The molecule has 2 aliphatic rings. The van der Waals surface area contributed by atoms with Gasteiger partial charge in [0, 0.05) is 0 Å². The van der Waals surface area contributed by atoms with Crippen LogP contribution in [-0.2, 0) is 9.59 Å². The second-order valence-corrected chi connectivity index (χ2v) is 6.01. The van der Waals surface area contributed by atoms with Gasteiger partial charge in [0.15, 0.2) is 0 Å². The Morgan fingerprint density at radius 3 is 2.64 bits per heavy atom. The van der Waals surface area contributed by atoms with Crippen LogP contribution >= 0.6 is 11.8 Å². The molecule has 22 heavy (non-hydrogen) atoms. The van der Waals surface area contributed by atoms with Gasteiger partial charge in [-0.1, -0.05) is 12.1 Å². The smallest absolute Gasteiger partial charge is 0.328 e. The number of hydrogen-bond donors (Lipinski definition) is 2. The molecule has 0 aromatic heterocycles. The SMILES string of the molecule is O=C1NC(=O)/C(=C/c2ccc(OC(=O)[C@H]3CCCN3)cc2)S1. The van der Waals surface area contributed by atoms with Crippen molar-refractivity contribution in [3.8, 4) is 5.75 Å². The molecule has 0 aliphatic carbocycles. The number of imide groups is 1. The van der Waals surface area contributed by atoms with Crippen LogP contribution in [-0.4, -0.2) is 29.7 Å². The van der Waals surface area contributed by atoms with Gasteiger partial charge >= 0.3 is 5.97 Å². The van der Waals surface area contributed by atoms with Crippen molar-refractivity contribution < 1.29 is 19.1 Å². The number of benzene rings is 1. The van der Waals surface area contributed by atoms with Gasteiger partial charge in [0.2, 0.25) is 0 Å². The molecule has 0 radical (unpaired) electrons. The molecular formula is C15H14N2O4S. The van der Waals surface area contributed by atoms with Gasteiger partial charge in [0.1, 0.15) is 11.8 Å². The van der Waals surface area contributed by atoms with Crippen molar-refractivity contribution in [2.75, 3.05) is 6.54 Å². The van der Waals surface area contributed by atoms with Gasteiger partial charge < -0.3 is 10.1 Å². The van der Waals surface area contributed by atoms with Crippen LogP contribution in [0.4, 0.5) is 4.79 Å². The zero-order valence-corrected chi connectivity index (χ0v) is 12.4. The lowest BCUT2D eigenvalue weighted by Gasteiger charge is -2.09. The largest absolute Gasteiger partial charge is 0.425 e. The zero-order valence-electron chi connectivity index (χ0n) is 11.6. The predicted octanol–water partition coefficient (Wildman–Crippen LogP) is 1.67. The Hall–Kier alpha value is -2.12. The monoisotopic (exact) mass is 318 g/mol. The van der Waals surface area contributed by atoms with Crippen molar-refractivity contribution >= 4 is 35.0 Å². The molecule has 0 unspecified atom stereocenters. The first-order valence-corrected chi connectivity index (χ1v) is 7.73. The first-order chi connectivity index (χ1) is 10.6. The molecule has 0 spiro atoms. The van der Waals surface area contributed by atoms with Crippen molar-refractivity contribution in [3.63, 3.8) is 0 Å². The fourth-order valence-electron chi connectivity index (χ4n) is 2.28. The molecule has 1 atom stereocenters. The highest BCUT2D eigenvalue weighted by molar-refractivity contribution is 8.18. The third-order valence-corrected chi connectivity index (χ3v) is 4.19. The Morgan fingerprint density at radius 2 is 2.05 bits per heavy atom. The molecule has 0 bridgehead atoms. The predicted molar refractivity (Wildman–Crippen MR) is 82.2 cm³/mol. The summed E-state index contributed by atoms with van der Waals surface area (Å²) in [5.74, 6) is -0.210. The molecule has 6 nitrogen and oxygen atoms in total. The van der Waals surface area contributed by atoms with Crippen LogP contribution in [0.2, 0.25) is 0 Å². The van der Waals surface area contributed by atoms with Crippen molar-refractivity contribution in [2.24, 2.45) is 0 Å². The maximum atomic E-state index is 11.9. The number of ether oxygens (including phenoxy) is 1. The number of hydrogen-bond acceptors (Lipinski definition) is 6. The van der Waals surface area contributed by atoms with E-state index in [2.05, 4.69) is 10.6 Å². The van der Waals surface area contributed by atoms with E-state index in [0.717, 1.165) is 36.7 Å². The van der Waals surface area contributed by atoms with Crippen LogP contribution < -0.4 is 15.4 Å².